The molecule has 31 heavy (non-hydrogen) atoms. The van der Waals surface area contributed by atoms with Crippen LogP contribution in [0.4, 0.5) is 0 Å². The average Bonchev–Trinajstić information content (AvgIpc) is 3.08. The van der Waals surface area contributed by atoms with E-state index in [0.29, 0.717) is 62.4 Å². The van der Waals surface area contributed by atoms with Gasteiger partial charge < -0.3 is 9.15 Å². The molecule has 4 rings (SSSR count). The highest BCUT2D eigenvalue weighted by molar-refractivity contribution is 7.86. The molecule has 12 heteroatoms. The molecule has 0 spiro atoms. The first-order chi connectivity index (χ1) is 14.7. The third kappa shape index (κ3) is 5.03. The minimum Gasteiger partial charge on any atom is -0.409 e. The first-order valence-electron chi connectivity index (χ1n) is 10.2. The zero-order chi connectivity index (χ0) is 22.2. The molecule has 2 atom stereocenters. The number of aromatic nitrogens is 2. The molecule has 3 heterocycles. The summed E-state index contributed by atoms with van der Waals surface area (Å²) >= 11 is 11.5. The van der Waals surface area contributed by atoms with Gasteiger partial charge in [-0.3, -0.25) is 4.90 Å². The largest absolute Gasteiger partial charge is 0.409 e. The van der Waals surface area contributed by atoms with Gasteiger partial charge in [-0.05, 0) is 38.2 Å². The molecule has 2 unspecified atom stereocenters. The Morgan fingerprint density at radius 2 is 1.74 bits per heavy atom. The summed E-state index contributed by atoms with van der Waals surface area (Å²) in [5.41, 5.74) is 0.680. The molecule has 2 aliphatic rings. The van der Waals surface area contributed by atoms with E-state index in [4.69, 9.17) is 33.0 Å². The lowest BCUT2D eigenvalue weighted by Gasteiger charge is -2.40. The van der Waals surface area contributed by atoms with Crippen LogP contribution in [-0.4, -0.2) is 83.2 Å². The Balaban J connectivity index is 1.39. The van der Waals surface area contributed by atoms with E-state index in [1.165, 1.54) is 4.31 Å². The van der Waals surface area contributed by atoms with Crippen molar-refractivity contribution in [1.82, 2.24) is 23.3 Å². The predicted octanol–water partition coefficient (Wildman–Crippen LogP) is 2.46. The number of morpholine rings is 1. The second-order valence-corrected chi connectivity index (χ2v) is 10.6. The van der Waals surface area contributed by atoms with Crippen LogP contribution in [0.1, 0.15) is 13.8 Å². The maximum Gasteiger partial charge on any atom is 0.288 e. The number of piperazine rings is 1. The fourth-order valence-electron chi connectivity index (χ4n) is 3.91. The first-order valence-corrected chi connectivity index (χ1v) is 12.4. The molecule has 0 bridgehead atoms. The predicted molar refractivity (Wildman–Crippen MR) is 119 cm³/mol. The standard InChI is InChI=1S/C19H26ClN5O4S2/c1-14-11-24(12-15(2)28-14)31(26,27)23-9-7-22(8-10-23)13-25-19(30)29-18(21-25)16-5-3-4-6-17(16)20/h3-6,14-15H,7-13H2,1-2H3. The van der Waals surface area contributed by atoms with Crippen LogP contribution < -0.4 is 0 Å². The lowest BCUT2D eigenvalue weighted by molar-refractivity contribution is -0.0458. The van der Waals surface area contributed by atoms with Crippen molar-refractivity contribution >= 4 is 34.0 Å². The van der Waals surface area contributed by atoms with Gasteiger partial charge in [-0.15, -0.1) is 5.10 Å². The molecule has 2 fully saturated rings. The van der Waals surface area contributed by atoms with Crippen LogP contribution in [0.3, 0.4) is 0 Å². The van der Waals surface area contributed by atoms with E-state index in [9.17, 15) is 8.42 Å². The van der Waals surface area contributed by atoms with Gasteiger partial charge in [0.15, 0.2) is 0 Å². The van der Waals surface area contributed by atoms with E-state index < -0.39 is 10.2 Å². The van der Waals surface area contributed by atoms with E-state index in [0.717, 1.165) is 0 Å². The van der Waals surface area contributed by atoms with Crippen molar-refractivity contribution in [3.8, 4) is 11.5 Å². The van der Waals surface area contributed by atoms with Crippen molar-refractivity contribution in [3.63, 3.8) is 0 Å². The van der Waals surface area contributed by atoms with Gasteiger partial charge in [-0.2, -0.15) is 17.0 Å². The van der Waals surface area contributed by atoms with Crippen molar-refractivity contribution in [3.05, 3.63) is 34.1 Å². The average molecular weight is 488 g/mol. The quantitative estimate of drug-likeness (QED) is 0.599. The highest BCUT2D eigenvalue weighted by atomic mass is 35.5. The van der Waals surface area contributed by atoms with Crippen molar-refractivity contribution in [2.45, 2.75) is 32.7 Å². The summed E-state index contributed by atoms with van der Waals surface area (Å²) in [6, 6.07) is 7.28. The summed E-state index contributed by atoms with van der Waals surface area (Å²) in [4.78, 5) is 2.35. The Morgan fingerprint density at radius 1 is 1.10 bits per heavy atom. The normalized spacial score (nSPS) is 24.5. The lowest BCUT2D eigenvalue weighted by atomic mass is 10.2. The van der Waals surface area contributed by atoms with Crippen LogP contribution >= 0.6 is 23.8 Å². The van der Waals surface area contributed by atoms with Crippen LogP contribution in [-0.2, 0) is 21.6 Å². The molecule has 1 aromatic heterocycles. The first kappa shape index (κ1) is 22.8. The number of benzene rings is 1. The summed E-state index contributed by atoms with van der Waals surface area (Å²) in [6.07, 6.45) is -0.220. The van der Waals surface area contributed by atoms with Crippen LogP contribution in [0.5, 0.6) is 0 Å². The Bertz CT molecular complexity index is 1070. The third-order valence-electron chi connectivity index (χ3n) is 5.41. The fraction of sp³-hybridized carbons (Fsp3) is 0.579. The summed E-state index contributed by atoms with van der Waals surface area (Å²) in [6.45, 7) is 6.94. The molecule has 0 radical (unpaired) electrons. The molecular formula is C19H26ClN5O4S2. The molecule has 9 nitrogen and oxygen atoms in total. The van der Waals surface area contributed by atoms with Gasteiger partial charge in [0.1, 0.15) is 0 Å². The van der Waals surface area contributed by atoms with Crippen molar-refractivity contribution in [2.75, 3.05) is 39.3 Å². The van der Waals surface area contributed by atoms with E-state index >= 15 is 0 Å². The number of ether oxygens (including phenoxy) is 1. The van der Waals surface area contributed by atoms with Gasteiger partial charge in [-0.25, -0.2) is 4.68 Å². The van der Waals surface area contributed by atoms with E-state index in [2.05, 4.69) is 10.00 Å². The Hall–Kier alpha value is -1.34. The molecule has 0 N–H and O–H groups in total. The zero-order valence-electron chi connectivity index (χ0n) is 17.5. The van der Waals surface area contributed by atoms with Gasteiger partial charge in [0.25, 0.3) is 15.0 Å². The molecule has 0 amide bonds. The lowest BCUT2D eigenvalue weighted by Crippen LogP contribution is -2.57. The van der Waals surface area contributed by atoms with Crippen LogP contribution in [0.25, 0.3) is 11.5 Å². The van der Waals surface area contributed by atoms with Crippen LogP contribution in [0.15, 0.2) is 28.7 Å². The fourth-order valence-corrected chi connectivity index (χ4v) is 6.05. The molecule has 170 valence electrons. The monoisotopic (exact) mass is 487 g/mol. The number of halogens is 1. The van der Waals surface area contributed by atoms with E-state index in [1.807, 2.05) is 32.0 Å². The molecule has 2 saturated heterocycles. The smallest absolute Gasteiger partial charge is 0.288 e. The highest BCUT2D eigenvalue weighted by Gasteiger charge is 2.36. The van der Waals surface area contributed by atoms with Crippen molar-refractivity contribution in [1.29, 1.82) is 0 Å². The topological polar surface area (TPSA) is 84.1 Å². The summed E-state index contributed by atoms with van der Waals surface area (Å²) < 4.78 is 42.1. The molecular weight excluding hydrogens is 462 g/mol. The van der Waals surface area contributed by atoms with E-state index in [1.54, 1.807) is 15.1 Å². The Labute approximate surface area is 192 Å². The minimum absolute atomic E-state index is 0.110. The van der Waals surface area contributed by atoms with Gasteiger partial charge in [-0.1, -0.05) is 23.7 Å². The Kier molecular flexibility index (Phi) is 6.82. The highest BCUT2D eigenvalue weighted by Crippen LogP contribution is 2.26. The third-order valence-corrected chi connectivity index (χ3v) is 8.01. The van der Waals surface area contributed by atoms with Gasteiger partial charge >= 0.3 is 0 Å². The van der Waals surface area contributed by atoms with Gasteiger partial charge in [0.2, 0.25) is 5.89 Å². The molecule has 1 aromatic carbocycles. The van der Waals surface area contributed by atoms with Crippen LogP contribution in [0, 0.1) is 4.84 Å². The second-order valence-electron chi connectivity index (χ2n) is 7.89. The van der Waals surface area contributed by atoms with Gasteiger partial charge in [0, 0.05) is 39.3 Å². The SMILES string of the molecule is CC1CN(S(=O)(=O)N2CCN(Cn3nc(-c4ccccc4Cl)oc3=S)CC2)CC(C)O1. The number of hydrogen-bond donors (Lipinski definition) is 0. The maximum absolute atomic E-state index is 13.1. The van der Waals surface area contributed by atoms with Crippen molar-refractivity contribution in [2.24, 2.45) is 0 Å². The second kappa shape index (κ2) is 9.26. The van der Waals surface area contributed by atoms with E-state index in [-0.39, 0.29) is 17.0 Å². The number of nitrogens with zero attached hydrogens (tertiary/aromatic N) is 5. The zero-order valence-corrected chi connectivity index (χ0v) is 19.9. The van der Waals surface area contributed by atoms with Crippen LogP contribution in [0.2, 0.25) is 5.02 Å². The molecule has 0 saturated carbocycles. The number of hydrogen-bond acceptors (Lipinski definition) is 7. The molecule has 0 aliphatic carbocycles. The maximum atomic E-state index is 13.1. The number of rotatable bonds is 5. The van der Waals surface area contributed by atoms with Crippen molar-refractivity contribution < 1.29 is 17.6 Å². The Morgan fingerprint density at radius 3 is 2.39 bits per heavy atom. The molecule has 2 aliphatic heterocycles. The summed E-state index contributed by atoms with van der Waals surface area (Å²) in [5.74, 6) is 0.368. The minimum atomic E-state index is -3.51. The van der Waals surface area contributed by atoms with Gasteiger partial charge in [0.05, 0.1) is 29.5 Å². The summed E-state index contributed by atoms with van der Waals surface area (Å²) in [7, 11) is -3.51. The molecule has 2 aromatic rings. The summed E-state index contributed by atoms with van der Waals surface area (Å²) in [5, 5.41) is 5.00.